The normalized spacial score (nSPS) is 11.9. The second-order valence-corrected chi connectivity index (χ2v) is 24.4. The predicted octanol–water partition coefficient (Wildman–Crippen LogP) is 21.1. The van der Waals surface area contributed by atoms with Crippen LogP contribution in [0, 0.1) is 52.4 Å². The van der Waals surface area contributed by atoms with E-state index < -0.39 is 0 Å². The second kappa shape index (κ2) is 39.5. The van der Waals surface area contributed by atoms with Gasteiger partial charge in [-0.2, -0.15) is 0 Å². The minimum absolute atomic E-state index is 0.547. The zero-order valence-electron chi connectivity index (χ0n) is 51.4. The number of aromatic nitrogens is 4. The number of thiophene rings is 1. The van der Waals surface area contributed by atoms with Gasteiger partial charge in [0.15, 0.2) is 0 Å². The minimum Gasteiger partial charge on any atom is -0.381 e. The van der Waals surface area contributed by atoms with Gasteiger partial charge in [-0.1, -0.05) is 159 Å². The van der Waals surface area contributed by atoms with Gasteiger partial charge in [0.05, 0.1) is 5.01 Å². The van der Waals surface area contributed by atoms with Gasteiger partial charge in [0.2, 0.25) is 0 Å². The van der Waals surface area contributed by atoms with Crippen LogP contribution in [0.15, 0.2) is 133 Å². The molecule has 7 heteroatoms. The van der Waals surface area contributed by atoms with Crippen molar-refractivity contribution in [3.8, 4) is 0 Å². The lowest BCUT2D eigenvalue weighted by molar-refractivity contribution is 0.0523. The highest BCUT2D eigenvalue weighted by molar-refractivity contribution is 7.10. The fourth-order valence-corrected chi connectivity index (χ4v) is 9.58. The van der Waals surface area contributed by atoms with Crippen LogP contribution >= 0.6 is 22.7 Å². The van der Waals surface area contributed by atoms with Crippen LogP contribution in [0.1, 0.15) is 225 Å². The first-order valence-electron chi connectivity index (χ1n) is 28.3. The minimum atomic E-state index is 0.547. The van der Waals surface area contributed by atoms with Gasteiger partial charge in [-0.05, 0) is 193 Å². The number of thiazole rings is 1. The lowest BCUT2D eigenvalue weighted by Crippen LogP contribution is -2.19. The van der Waals surface area contributed by atoms with Crippen LogP contribution in [0.25, 0.3) is 0 Å². The van der Waals surface area contributed by atoms with E-state index in [9.17, 15) is 0 Å². The Hall–Kier alpha value is -4.82. The molecule has 1 saturated heterocycles. The Morgan fingerprint density at radius 3 is 1.37 bits per heavy atom. The van der Waals surface area contributed by atoms with Crippen LogP contribution in [0.4, 0.5) is 0 Å². The third kappa shape index (κ3) is 29.1. The van der Waals surface area contributed by atoms with E-state index in [0.717, 1.165) is 36.7 Å². The smallest absolute Gasteiger partial charge is 0.0950 e. The Balaban J connectivity index is 0.000000437. The Labute approximate surface area is 474 Å². The largest absolute Gasteiger partial charge is 0.381 e. The summed E-state index contributed by atoms with van der Waals surface area (Å²) in [6.07, 6.45) is 14.8. The summed E-state index contributed by atoms with van der Waals surface area (Å²) in [4.78, 5) is 17.7. The summed E-state index contributed by atoms with van der Waals surface area (Å²) in [6, 6.07) is 29.0. The molecule has 1 aliphatic rings. The number of ether oxygens (including phenoxy) is 1. The fraction of sp³-hybridized carbons (Fsp3) is 0.507. The van der Waals surface area contributed by atoms with Crippen LogP contribution < -0.4 is 0 Å². The first kappa shape index (κ1) is 69.2. The van der Waals surface area contributed by atoms with Crippen LogP contribution in [0.2, 0.25) is 0 Å². The maximum Gasteiger partial charge on any atom is 0.0950 e. The molecule has 0 N–H and O–H groups in total. The Bertz CT molecular complexity index is 2250. The summed E-state index contributed by atoms with van der Waals surface area (Å²) in [5.74, 6) is 6.24. The topological polar surface area (TPSA) is 60.8 Å². The van der Waals surface area contributed by atoms with Gasteiger partial charge in [0.1, 0.15) is 0 Å². The van der Waals surface area contributed by atoms with Crippen molar-refractivity contribution >= 4 is 22.7 Å². The van der Waals surface area contributed by atoms with Crippen molar-refractivity contribution in [2.45, 2.75) is 200 Å². The predicted molar refractivity (Wildman–Crippen MR) is 337 cm³/mol. The number of rotatable bonds is 9. The average molecular weight is 1070 g/mol. The maximum atomic E-state index is 5.25. The molecule has 0 bridgehead atoms. The molecule has 76 heavy (non-hydrogen) atoms. The maximum absolute atomic E-state index is 5.25. The molecular weight excluding hydrogens is 965 g/mol. The van der Waals surface area contributed by atoms with E-state index >= 15 is 0 Å². The number of benzene rings is 2. The molecule has 418 valence electrons. The van der Waals surface area contributed by atoms with Gasteiger partial charge in [0, 0.05) is 72.3 Å². The molecule has 5 aromatic heterocycles. The van der Waals surface area contributed by atoms with Crippen molar-refractivity contribution < 1.29 is 4.74 Å². The summed E-state index contributed by atoms with van der Waals surface area (Å²) < 4.78 is 5.25. The van der Waals surface area contributed by atoms with Crippen molar-refractivity contribution in [1.82, 2.24) is 19.9 Å². The first-order chi connectivity index (χ1) is 36.0. The van der Waals surface area contributed by atoms with Crippen LogP contribution in [-0.4, -0.2) is 33.1 Å². The Kier molecular flexibility index (Phi) is 36.0. The van der Waals surface area contributed by atoms with E-state index in [1.165, 1.54) is 73.7 Å². The molecule has 0 aliphatic carbocycles. The molecule has 0 radical (unpaired) electrons. The van der Waals surface area contributed by atoms with Gasteiger partial charge in [-0.25, -0.2) is 4.98 Å². The van der Waals surface area contributed by atoms with Gasteiger partial charge in [-0.15, -0.1) is 22.7 Å². The van der Waals surface area contributed by atoms with E-state index in [4.69, 9.17) is 4.74 Å². The summed E-state index contributed by atoms with van der Waals surface area (Å²) in [5, 5.41) is 5.36. The standard InChI is InChI=1S/C14H22.C10H14.3C8H11N.C8H16O.C7H10S.C6H9NS/c1-8(2)14-12(6)10(4)9(3)11(5)13(14)7;1-9(2)8-10-6-4-3-5-7-10;1-7(2)8-3-5-9-6-4-8;1-7(2)8-4-3-5-9-6-8;1-7(2)8-5-3-4-6-9-8;1-7(2)8-3-5-9-6-4-8;1-6(2)7-4-3-5-8-7;1-5(2)6-7-3-4-8-6/h8H,1-7H3;3-7,9H,8H2,1-2H3;3*3-7H,1-2H3;7-8H,3-6H2,1-2H3;3-6H,1-2H3;3-5H,1-2H3. The van der Waals surface area contributed by atoms with E-state index in [1.54, 1.807) is 23.1 Å². The molecule has 5 nitrogen and oxygen atoms in total. The molecular formula is C69H104N4OS2. The van der Waals surface area contributed by atoms with E-state index in [1.807, 2.05) is 84.1 Å². The van der Waals surface area contributed by atoms with Crippen molar-refractivity contribution in [3.63, 3.8) is 0 Å². The van der Waals surface area contributed by atoms with Crippen molar-refractivity contribution in [2.75, 3.05) is 13.2 Å². The summed E-state index contributed by atoms with van der Waals surface area (Å²) in [7, 11) is 0. The number of nitrogens with zero attached hydrogens (tertiary/aromatic N) is 4. The highest BCUT2D eigenvalue weighted by atomic mass is 32.1. The number of hydrogen-bond donors (Lipinski definition) is 0. The van der Waals surface area contributed by atoms with Gasteiger partial charge in [0.25, 0.3) is 0 Å². The quantitative estimate of drug-likeness (QED) is 0.144. The van der Waals surface area contributed by atoms with E-state index in [-0.39, 0.29) is 0 Å². The Morgan fingerprint density at radius 1 is 0.461 bits per heavy atom. The summed E-state index contributed by atoms with van der Waals surface area (Å²) in [6.45, 7) is 48.5. The molecule has 2 aromatic carbocycles. The lowest BCUT2D eigenvalue weighted by atomic mass is 9.85. The van der Waals surface area contributed by atoms with Gasteiger partial charge < -0.3 is 4.74 Å². The number of hydrogen-bond acceptors (Lipinski definition) is 7. The lowest BCUT2D eigenvalue weighted by Gasteiger charge is -2.24. The molecule has 1 fully saturated rings. The van der Waals surface area contributed by atoms with E-state index in [0.29, 0.717) is 35.5 Å². The van der Waals surface area contributed by atoms with Crippen molar-refractivity contribution in [1.29, 1.82) is 0 Å². The van der Waals surface area contributed by atoms with E-state index in [2.05, 4.69) is 219 Å². The first-order valence-corrected chi connectivity index (χ1v) is 30.1. The molecule has 1 aliphatic heterocycles. The van der Waals surface area contributed by atoms with Crippen LogP contribution in [-0.2, 0) is 11.2 Å². The summed E-state index contributed by atoms with van der Waals surface area (Å²) >= 11 is 3.55. The number of pyridine rings is 3. The van der Waals surface area contributed by atoms with Crippen LogP contribution in [0.5, 0.6) is 0 Å². The van der Waals surface area contributed by atoms with Crippen molar-refractivity contribution in [2.24, 2.45) is 17.8 Å². The molecule has 6 heterocycles. The highest BCUT2D eigenvalue weighted by Gasteiger charge is 2.16. The van der Waals surface area contributed by atoms with Crippen molar-refractivity contribution in [3.05, 3.63) is 199 Å². The highest BCUT2D eigenvalue weighted by Crippen LogP contribution is 2.31. The monoisotopic (exact) mass is 1070 g/mol. The zero-order chi connectivity index (χ0) is 57.2. The molecule has 0 unspecified atom stereocenters. The zero-order valence-corrected chi connectivity index (χ0v) is 53.1. The molecule has 0 saturated carbocycles. The van der Waals surface area contributed by atoms with Crippen LogP contribution in [0.3, 0.4) is 0 Å². The SMILES string of the molecule is CC(C)C1CCOCC1.CC(C)Cc1ccccc1.CC(C)c1ccccn1.CC(C)c1cccnc1.CC(C)c1cccs1.CC(C)c1ccncc1.CC(C)c1nccs1.Cc1c(C)c(C)c(C(C)C)c(C)c1C. The summed E-state index contributed by atoms with van der Waals surface area (Å²) in [5.41, 5.74) is 14.2. The third-order valence-electron chi connectivity index (χ3n) is 13.4. The molecule has 7 aromatic rings. The molecule has 0 atom stereocenters. The van der Waals surface area contributed by atoms with Gasteiger partial charge >= 0.3 is 0 Å². The van der Waals surface area contributed by atoms with Gasteiger partial charge in [-0.3, -0.25) is 15.0 Å². The molecule has 0 amide bonds. The third-order valence-corrected chi connectivity index (χ3v) is 15.6. The average Bonchev–Trinajstić information content (AvgIpc) is 4.18. The second-order valence-electron chi connectivity index (χ2n) is 22.5. The molecule has 8 rings (SSSR count). The Morgan fingerprint density at radius 2 is 1.04 bits per heavy atom. The fourth-order valence-electron chi connectivity index (χ4n) is 8.19. The molecule has 0 spiro atoms.